The summed E-state index contributed by atoms with van der Waals surface area (Å²) >= 11 is 7.88. The molecule has 116 valence electrons. The highest BCUT2D eigenvalue weighted by Gasteiger charge is 2.27. The Balaban J connectivity index is 1.84. The van der Waals surface area contributed by atoms with Crippen LogP contribution in [0.3, 0.4) is 0 Å². The largest absolute Gasteiger partial charge is 0.495 e. The van der Waals surface area contributed by atoms with Crippen LogP contribution >= 0.6 is 22.9 Å². The van der Waals surface area contributed by atoms with Crippen molar-refractivity contribution in [1.82, 2.24) is 4.98 Å². The average molecular weight is 337 g/mol. The number of fused-ring (bicyclic) bond motifs is 1. The molecule has 0 saturated heterocycles. The number of rotatable bonds is 4. The molecule has 1 aliphatic rings. The van der Waals surface area contributed by atoms with Gasteiger partial charge in [0.05, 0.1) is 17.8 Å². The summed E-state index contributed by atoms with van der Waals surface area (Å²) in [6.45, 7) is 0.709. The highest BCUT2D eigenvalue weighted by molar-refractivity contribution is 7.09. The Morgan fingerprint density at radius 1 is 1.50 bits per heavy atom. The Morgan fingerprint density at radius 3 is 3.09 bits per heavy atom. The zero-order valence-corrected chi connectivity index (χ0v) is 13.9. The zero-order valence-electron chi connectivity index (χ0n) is 12.3. The summed E-state index contributed by atoms with van der Waals surface area (Å²) in [7, 11) is 1.62. The predicted molar refractivity (Wildman–Crippen MR) is 89.1 cm³/mol. The van der Waals surface area contributed by atoms with E-state index in [4.69, 9.17) is 16.3 Å². The molecule has 3 rings (SSSR count). The molecule has 1 aromatic carbocycles. The van der Waals surface area contributed by atoms with Crippen molar-refractivity contribution in [1.29, 1.82) is 0 Å². The number of carbonyl (C=O) groups is 1. The van der Waals surface area contributed by atoms with Crippen molar-refractivity contribution in [2.75, 3.05) is 18.6 Å². The van der Waals surface area contributed by atoms with E-state index in [2.05, 4.69) is 4.98 Å². The zero-order chi connectivity index (χ0) is 15.5. The summed E-state index contributed by atoms with van der Waals surface area (Å²) in [6.07, 6.45) is 4.68. The average Bonchev–Trinajstić information content (AvgIpc) is 3.06. The summed E-state index contributed by atoms with van der Waals surface area (Å²) in [5, 5.41) is 3.62. The first-order valence-electron chi connectivity index (χ1n) is 7.25. The standard InChI is InChI=1S/C16H17ClN2O2S/c1-21-13-5-4-12(17)11-3-2-9-19(16(11)13)15(20)7-6-14-18-8-10-22-14/h4-5,8,10H,2-3,6-7,9H2,1H3. The van der Waals surface area contributed by atoms with E-state index in [1.165, 1.54) is 0 Å². The maximum atomic E-state index is 12.6. The molecule has 0 aliphatic carbocycles. The van der Waals surface area contributed by atoms with Gasteiger partial charge in [0, 0.05) is 36.0 Å². The van der Waals surface area contributed by atoms with Gasteiger partial charge in [0.1, 0.15) is 5.75 Å². The topological polar surface area (TPSA) is 42.4 Å². The molecule has 4 nitrogen and oxygen atoms in total. The number of hydrogen-bond donors (Lipinski definition) is 0. The van der Waals surface area contributed by atoms with Gasteiger partial charge in [-0.15, -0.1) is 11.3 Å². The molecule has 0 N–H and O–H groups in total. The molecule has 0 radical (unpaired) electrons. The van der Waals surface area contributed by atoms with Crippen molar-refractivity contribution in [3.05, 3.63) is 39.3 Å². The van der Waals surface area contributed by atoms with E-state index < -0.39 is 0 Å². The van der Waals surface area contributed by atoms with Crippen molar-refractivity contribution in [2.24, 2.45) is 0 Å². The van der Waals surface area contributed by atoms with Gasteiger partial charge in [0.25, 0.3) is 0 Å². The molecule has 0 atom stereocenters. The Hall–Kier alpha value is -1.59. The molecule has 0 saturated carbocycles. The van der Waals surface area contributed by atoms with E-state index in [0.29, 0.717) is 30.2 Å². The van der Waals surface area contributed by atoms with Crippen molar-refractivity contribution in [2.45, 2.75) is 25.7 Å². The molecule has 1 aromatic heterocycles. The Kier molecular flexibility index (Phi) is 4.64. The van der Waals surface area contributed by atoms with Gasteiger partial charge in [-0.05, 0) is 30.5 Å². The summed E-state index contributed by atoms with van der Waals surface area (Å²) in [4.78, 5) is 18.7. The van der Waals surface area contributed by atoms with Crippen LogP contribution in [-0.2, 0) is 17.6 Å². The van der Waals surface area contributed by atoms with E-state index in [0.717, 1.165) is 29.1 Å². The number of anilines is 1. The lowest BCUT2D eigenvalue weighted by Gasteiger charge is -2.31. The molecule has 0 spiro atoms. The molecule has 0 unspecified atom stereocenters. The van der Waals surface area contributed by atoms with Crippen LogP contribution in [0.5, 0.6) is 5.75 Å². The highest BCUT2D eigenvalue weighted by atomic mass is 35.5. The molecule has 0 bridgehead atoms. The van der Waals surface area contributed by atoms with E-state index >= 15 is 0 Å². The van der Waals surface area contributed by atoms with E-state index in [1.807, 2.05) is 22.4 Å². The summed E-state index contributed by atoms with van der Waals surface area (Å²) in [5.41, 5.74) is 1.85. The first kappa shape index (κ1) is 15.3. The van der Waals surface area contributed by atoms with Crippen LogP contribution in [0.1, 0.15) is 23.4 Å². The lowest BCUT2D eigenvalue weighted by molar-refractivity contribution is -0.118. The van der Waals surface area contributed by atoms with E-state index in [9.17, 15) is 4.79 Å². The quantitative estimate of drug-likeness (QED) is 0.854. The van der Waals surface area contributed by atoms with Gasteiger partial charge in [-0.25, -0.2) is 4.98 Å². The number of amides is 1. The van der Waals surface area contributed by atoms with Gasteiger partial charge in [-0.3, -0.25) is 4.79 Å². The van der Waals surface area contributed by atoms with Crippen LogP contribution in [0.2, 0.25) is 5.02 Å². The number of benzene rings is 1. The summed E-state index contributed by atoms with van der Waals surface area (Å²) < 4.78 is 5.44. The minimum atomic E-state index is 0.0942. The van der Waals surface area contributed by atoms with Crippen LogP contribution in [0.4, 0.5) is 5.69 Å². The van der Waals surface area contributed by atoms with Gasteiger partial charge in [-0.2, -0.15) is 0 Å². The third kappa shape index (κ3) is 2.96. The fraction of sp³-hybridized carbons (Fsp3) is 0.375. The van der Waals surface area contributed by atoms with Crippen LogP contribution < -0.4 is 9.64 Å². The Bertz CT molecular complexity index is 673. The Morgan fingerprint density at radius 2 is 2.36 bits per heavy atom. The SMILES string of the molecule is COc1ccc(Cl)c2c1N(C(=O)CCc1nccs1)CCC2. The normalized spacial score (nSPS) is 13.8. The molecule has 2 heterocycles. The monoisotopic (exact) mass is 336 g/mol. The van der Waals surface area contributed by atoms with Gasteiger partial charge in [0.15, 0.2) is 0 Å². The van der Waals surface area contributed by atoms with E-state index in [1.54, 1.807) is 24.6 Å². The second kappa shape index (κ2) is 6.67. The number of aryl methyl sites for hydroxylation is 1. The third-order valence-electron chi connectivity index (χ3n) is 3.82. The second-order valence-electron chi connectivity index (χ2n) is 5.15. The van der Waals surface area contributed by atoms with Gasteiger partial charge in [-0.1, -0.05) is 11.6 Å². The molecule has 1 aliphatic heterocycles. The Labute approximate surface area is 138 Å². The van der Waals surface area contributed by atoms with E-state index in [-0.39, 0.29) is 5.91 Å². The number of nitrogens with zero attached hydrogens (tertiary/aromatic N) is 2. The minimum Gasteiger partial charge on any atom is -0.495 e. The number of carbonyl (C=O) groups excluding carboxylic acids is 1. The smallest absolute Gasteiger partial charge is 0.227 e. The van der Waals surface area contributed by atoms with Crippen LogP contribution in [0.15, 0.2) is 23.7 Å². The van der Waals surface area contributed by atoms with Crippen LogP contribution in [0, 0.1) is 0 Å². The maximum Gasteiger partial charge on any atom is 0.227 e. The number of thiazole rings is 1. The predicted octanol–water partition coefficient (Wildman–Crippen LogP) is 3.72. The van der Waals surface area contributed by atoms with Crippen LogP contribution in [0.25, 0.3) is 0 Å². The fourth-order valence-corrected chi connectivity index (χ4v) is 3.66. The molecule has 22 heavy (non-hydrogen) atoms. The van der Waals surface area contributed by atoms with Crippen molar-refractivity contribution < 1.29 is 9.53 Å². The first-order chi connectivity index (χ1) is 10.7. The molecule has 0 fully saturated rings. The molecular formula is C16H17ClN2O2S. The van der Waals surface area contributed by atoms with Crippen molar-refractivity contribution in [3.63, 3.8) is 0 Å². The molecule has 2 aromatic rings. The molecule has 1 amide bonds. The lowest BCUT2D eigenvalue weighted by atomic mass is 10.00. The number of hydrogen-bond acceptors (Lipinski definition) is 4. The first-order valence-corrected chi connectivity index (χ1v) is 8.50. The molecule has 6 heteroatoms. The molecular weight excluding hydrogens is 320 g/mol. The van der Waals surface area contributed by atoms with Crippen molar-refractivity contribution >= 4 is 34.5 Å². The lowest BCUT2D eigenvalue weighted by Crippen LogP contribution is -2.36. The summed E-state index contributed by atoms with van der Waals surface area (Å²) in [5.74, 6) is 0.804. The second-order valence-corrected chi connectivity index (χ2v) is 6.54. The number of aromatic nitrogens is 1. The van der Waals surface area contributed by atoms with Gasteiger partial charge in [0.2, 0.25) is 5.91 Å². The third-order valence-corrected chi connectivity index (χ3v) is 5.02. The van der Waals surface area contributed by atoms with Crippen LogP contribution in [-0.4, -0.2) is 24.5 Å². The van der Waals surface area contributed by atoms with Gasteiger partial charge < -0.3 is 9.64 Å². The maximum absolute atomic E-state index is 12.6. The highest BCUT2D eigenvalue weighted by Crippen LogP contribution is 2.40. The fourth-order valence-electron chi connectivity index (χ4n) is 2.79. The van der Waals surface area contributed by atoms with Gasteiger partial charge >= 0.3 is 0 Å². The number of methoxy groups -OCH3 is 1. The van der Waals surface area contributed by atoms with Crippen molar-refractivity contribution in [3.8, 4) is 5.75 Å². The minimum absolute atomic E-state index is 0.0942. The number of halogens is 1. The number of ether oxygens (including phenoxy) is 1. The summed E-state index contributed by atoms with van der Waals surface area (Å²) in [6, 6.07) is 3.66.